The number of hydrogen-bond donors (Lipinski definition) is 3. The fourth-order valence-electron chi connectivity index (χ4n) is 2.17. The maximum absolute atomic E-state index is 12.4. The van der Waals surface area contributed by atoms with Crippen LogP contribution in [0.3, 0.4) is 0 Å². The summed E-state index contributed by atoms with van der Waals surface area (Å²) >= 11 is 0. The van der Waals surface area contributed by atoms with Crippen LogP contribution in [0.2, 0.25) is 0 Å². The molecular weight excluding hydrogens is 324 g/mol. The quantitative estimate of drug-likeness (QED) is 0.699. The van der Waals surface area contributed by atoms with Crippen molar-refractivity contribution < 1.29 is 24.2 Å². The third-order valence-electron chi connectivity index (χ3n) is 3.25. The van der Waals surface area contributed by atoms with Gasteiger partial charge in [-0.3, -0.25) is 20.4 Å². The Morgan fingerprint density at radius 2 is 1.48 bits per heavy atom. The number of nitrogens with one attached hydrogen (secondary N) is 2. The van der Waals surface area contributed by atoms with E-state index in [1.54, 1.807) is 37.3 Å². The van der Waals surface area contributed by atoms with Gasteiger partial charge in [0.15, 0.2) is 11.5 Å². The number of carbonyl (C=O) groups excluding carboxylic acids is 2. The van der Waals surface area contributed by atoms with Crippen molar-refractivity contribution in [3.8, 4) is 17.2 Å². The minimum absolute atomic E-state index is 0.0518. The fraction of sp³-hybridized carbons (Fsp3) is 0.222. The van der Waals surface area contributed by atoms with E-state index in [4.69, 9.17) is 9.47 Å². The second kappa shape index (κ2) is 8.58. The van der Waals surface area contributed by atoms with Crippen molar-refractivity contribution in [2.45, 2.75) is 13.8 Å². The van der Waals surface area contributed by atoms with Crippen LogP contribution in [0.15, 0.2) is 42.5 Å². The van der Waals surface area contributed by atoms with Gasteiger partial charge >= 0.3 is 0 Å². The summed E-state index contributed by atoms with van der Waals surface area (Å²) in [4.78, 5) is 24.4. The maximum Gasteiger partial charge on any atom is 0.273 e. The largest absolute Gasteiger partial charge is 0.507 e. The van der Waals surface area contributed by atoms with Crippen molar-refractivity contribution in [1.82, 2.24) is 10.9 Å². The highest BCUT2D eigenvalue weighted by molar-refractivity contribution is 6.01. The standard InChI is InChI=1S/C18H20N2O5/c1-3-24-15-11-7-9-13(16(15)25-4-2)18(23)20-19-17(22)12-8-5-6-10-14(12)21/h5-11,21H,3-4H2,1-2H3,(H,19,22)(H,20,23). The van der Waals surface area contributed by atoms with Crippen molar-refractivity contribution in [3.63, 3.8) is 0 Å². The molecule has 0 bridgehead atoms. The smallest absolute Gasteiger partial charge is 0.273 e. The summed E-state index contributed by atoms with van der Waals surface area (Å²) in [6.07, 6.45) is 0. The van der Waals surface area contributed by atoms with Gasteiger partial charge in [0, 0.05) is 0 Å². The first-order valence-electron chi connectivity index (χ1n) is 7.85. The highest BCUT2D eigenvalue weighted by atomic mass is 16.5. The number of para-hydroxylation sites is 2. The Hall–Kier alpha value is -3.22. The monoisotopic (exact) mass is 344 g/mol. The van der Waals surface area contributed by atoms with E-state index in [0.29, 0.717) is 24.7 Å². The molecule has 0 spiro atoms. The fourth-order valence-corrected chi connectivity index (χ4v) is 2.17. The summed E-state index contributed by atoms with van der Waals surface area (Å²) in [7, 11) is 0. The molecule has 0 aromatic heterocycles. The molecular formula is C18H20N2O5. The number of rotatable bonds is 6. The summed E-state index contributed by atoms with van der Waals surface area (Å²) in [5, 5.41) is 9.66. The van der Waals surface area contributed by atoms with Crippen LogP contribution in [0.5, 0.6) is 17.2 Å². The van der Waals surface area contributed by atoms with E-state index in [9.17, 15) is 14.7 Å². The van der Waals surface area contributed by atoms with Gasteiger partial charge in [-0.2, -0.15) is 0 Å². The van der Waals surface area contributed by atoms with E-state index in [2.05, 4.69) is 10.9 Å². The second-order valence-corrected chi connectivity index (χ2v) is 4.92. The Kier molecular flexibility index (Phi) is 6.22. The van der Waals surface area contributed by atoms with Gasteiger partial charge in [0.25, 0.3) is 11.8 Å². The molecule has 0 fully saturated rings. The first-order valence-corrected chi connectivity index (χ1v) is 7.85. The second-order valence-electron chi connectivity index (χ2n) is 4.92. The maximum atomic E-state index is 12.4. The molecule has 0 aliphatic heterocycles. The molecule has 3 N–H and O–H groups in total. The van der Waals surface area contributed by atoms with E-state index in [1.165, 1.54) is 12.1 Å². The van der Waals surface area contributed by atoms with Gasteiger partial charge in [-0.1, -0.05) is 18.2 Å². The van der Waals surface area contributed by atoms with Gasteiger partial charge < -0.3 is 14.6 Å². The predicted molar refractivity (Wildman–Crippen MR) is 91.8 cm³/mol. The van der Waals surface area contributed by atoms with Crippen molar-refractivity contribution in [1.29, 1.82) is 0 Å². The number of ether oxygens (including phenoxy) is 2. The van der Waals surface area contributed by atoms with Crippen molar-refractivity contribution in [3.05, 3.63) is 53.6 Å². The zero-order valence-corrected chi connectivity index (χ0v) is 14.0. The molecule has 7 nitrogen and oxygen atoms in total. The third-order valence-corrected chi connectivity index (χ3v) is 3.25. The number of phenols is 1. The molecule has 2 amide bonds. The minimum Gasteiger partial charge on any atom is -0.507 e. The molecule has 0 aliphatic carbocycles. The van der Waals surface area contributed by atoms with Crippen LogP contribution in [0.1, 0.15) is 34.6 Å². The molecule has 0 aliphatic rings. The molecule has 25 heavy (non-hydrogen) atoms. The Morgan fingerprint density at radius 1 is 0.880 bits per heavy atom. The van der Waals surface area contributed by atoms with E-state index in [1.807, 2.05) is 6.92 Å². The van der Waals surface area contributed by atoms with Gasteiger partial charge in [0.05, 0.1) is 24.3 Å². The van der Waals surface area contributed by atoms with E-state index >= 15 is 0 Å². The van der Waals surface area contributed by atoms with Crippen molar-refractivity contribution in [2.75, 3.05) is 13.2 Å². The lowest BCUT2D eigenvalue weighted by atomic mass is 10.1. The van der Waals surface area contributed by atoms with E-state index in [0.717, 1.165) is 0 Å². The molecule has 0 atom stereocenters. The Morgan fingerprint density at radius 3 is 2.12 bits per heavy atom. The number of phenolic OH excluding ortho intramolecular Hbond substituents is 1. The third kappa shape index (κ3) is 4.41. The predicted octanol–water partition coefficient (Wildman–Crippen LogP) is 2.26. The van der Waals surface area contributed by atoms with E-state index in [-0.39, 0.29) is 16.9 Å². The summed E-state index contributed by atoms with van der Waals surface area (Å²) in [5.74, 6) is -0.619. The molecule has 0 heterocycles. The van der Waals surface area contributed by atoms with Gasteiger partial charge in [0.1, 0.15) is 5.75 Å². The van der Waals surface area contributed by atoms with Gasteiger partial charge in [0.2, 0.25) is 0 Å². The normalized spacial score (nSPS) is 10.0. The van der Waals surface area contributed by atoms with Crippen LogP contribution in [0.4, 0.5) is 0 Å². The molecule has 0 saturated carbocycles. The SMILES string of the molecule is CCOc1cccc(C(=O)NNC(=O)c2ccccc2O)c1OCC. The van der Waals surface area contributed by atoms with Gasteiger partial charge in [-0.05, 0) is 38.1 Å². The lowest BCUT2D eigenvalue weighted by Crippen LogP contribution is -2.41. The minimum atomic E-state index is -0.634. The zero-order chi connectivity index (χ0) is 18.2. The number of amides is 2. The molecule has 7 heteroatoms. The Labute approximate surface area is 145 Å². The molecule has 0 radical (unpaired) electrons. The van der Waals surface area contributed by atoms with Crippen LogP contribution in [0.25, 0.3) is 0 Å². The summed E-state index contributed by atoms with van der Waals surface area (Å²) < 4.78 is 11.0. The lowest BCUT2D eigenvalue weighted by Gasteiger charge is -2.15. The van der Waals surface area contributed by atoms with Gasteiger partial charge in [-0.25, -0.2) is 0 Å². The summed E-state index contributed by atoms with van der Waals surface area (Å²) in [6.45, 7) is 4.41. The van der Waals surface area contributed by atoms with Crippen molar-refractivity contribution >= 4 is 11.8 Å². The number of carbonyl (C=O) groups is 2. The molecule has 2 aromatic carbocycles. The van der Waals surface area contributed by atoms with Crippen molar-refractivity contribution in [2.24, 2.45) is 0 Å². The Bertz CT molecular complexity index is 761. The summed E-state index contributed by atoms with van der Waals surface area (Å²) in [5.41, 5.74) is 4.85. The molecule has 0 unspecified atom stereocenters. The number of hydrazine groups is 1. The highest BCUT2D eigenvalue weighted by Gasteiger charge is 2.18. The van der Waals surface area contributed by atoms with Gasteiger partial charge in [-0.15, -0.1) is 0 Å². The first-order chi connectivity index (χ1) is 12.1. The topological polar surface area (TPSA) is 96.9 Å². The molecule has 2 rings (SSSR count). The zero-order valence-electron chi connectivity index (χ0n) is 14.0. The van der Waals surface area contributed by atoms with E-state index < -0.39 is 11.8 Å². The van der Waals surface area contributed by atoms with Crippen LogP contribution < -0.4 is 20.3 Å². The van der Waals surface area contributed by atoms with Crippen LogP contribution in [-0.4, -0.2) is 30.1 Å². The first kappa shape index (κ1) is 18.1. The molecule has 132 valence electrons. The number of aromatic hydroxyl groups is 1. The molecule has 2 aromatic rings. The summed E-state index contributed by atoms with van der Waals surface area (Å²) in [6, 6.07) is 11.0. The number of hydrogen-bond acceptors (Lipinski definition) is 5. The van der Waals surface area contributed by atoms with Crippen LogP contribution >= 0.6 is 0 Å². The van der Waals surface area contributed by atoms with Crippen LogP contribution in [0, 0.1) is 0 Å². The highest BCUT2D eigenvalue weighted by Crippen LogP contribution is 2.31. The average Bonchev–Trinajstić information content (AvgIpc) is 2.61. The lowest BCUT2D eigenvalue weighted by molar-refractivity contribution is 0.0842. The number of benzene rings is 2. The van der Waals surface area contributed by atoms with Crippen LogP contribution in [-0.2, 0) is 0 Å². The Balaban J connectivity index is 2.14. The molecule has 0 saturated heterocycles. The average molecular weight is 344 g/mol.